The van der Waals surface area contributed by atoms with E-state index in [1.807, 2.05) is 36.4 Å². The van der Waals surface area contributed by atoms with Crippen LogP contribution < -0.4 is 5.48 Å². The molecule has 2 atom stereocenters. The smallest absolute Gasteiger partial charge is 0.248 e. The van der Waals surface area contributed by atoms with Crippen LogP contribution in [-0.2, 0) is 19.6 Å². The quantitative estimate of drug-likeness (QED) is 0.556. The molecule has 0 bridgehead atoms. The first-order valence-electron chi connectivity index (χ1n) is 9.68. The normalized spacial score (nSPS) is 26.3. The fraction of sp³-hybridized carbons (Fsp3) is 0.500. The van der Waals surface area contributed by atoms with Gasteiger partial charge >= 0.3 is 0 Å². The molecule has 1 saturated carbocycles. The second kappa shape index (κ2) is 7.23. The Morgan fingerprint density at radius 1 is 1.21 bits per heavy atom. The van der Waals surface area contributed by atoms with Crippen LogP contribution in [0.2, 0.25) is 0 Å². The van der Waals surface area contributed by atoms with Crippen LogP contribution in [0.3, 0.4) is 0 Å². The van der Waals surface area contributed by atoms with Crippen LogP contribution in [0.15, 0.2) is 36.4 Å². The number of rotatable bonds is 4. The number of carbonyl (C=O) groups is 2. The summed E-state index contributed by atoms with van der Waals surface area (Å²) < 4.78 is 26.2. The standard InChI is InChI=1S/C20H25N3O5S/c1-29(27,28)23-13-20(8-9-20)11-16(18(24)21-26)17(23)19(25)22-10-7-15(12-22)14-5-3-2-4-6-14/h2-7,16-17,26H,8-13H2,1H3,(H,21,24). The number of hydrogen-bond donors (Lipinski definition) is 2. The Morgan fingerprint density at radius 2 is 1.90 bits per heavy atom. The maximum Gasteiger partial charge on any atom is 0.248 e. The van der Waals surface area contributed by atoms with Crippen LogP contribution in [0.5, 0.6) is 0 Å². The highest BCUT2D eigenvalue weighted by atomic mass is 32.2. The largest absolute Gasteiger partial charge is 0.333 e. The third kappa shape index (κ3) is 3.82. The molecule has 1 spiro atoms. The second-order valence-electron chi connectivity index (χ2n) is 8.35. The molecule has 1 aliphatic carbocycles. The molecule has 2 N–H and O–H groups in total. The van der Waals surface area contributed by atoms with Crippen LogP contribution in [-0.4, -0.2) is 66.6 Å². The summed E-state index contributed by atoms with van der Waals surface area (Å²) >= 11 is 0. The zero-order valence-corrected chi connectivity index (χ0v) is 17.1. The summed E-state index contributed by atoms with van der Waals surface area (Å²) in [4.78, 5) is 27.4. The minimum Gasteiger partial charge on any atom is -0.333 e. The maximum atomic E-state index is 13.4. The van der Waals surface area contributed by atoms with E-state index < -0.39 is 33.8 Å². The Kier molecular flexibility index (Phi) is 5.00. The number of carbonyl (C=O) groups excluding carboxylic acids is 2. The number of amides is 2. The number of sulfonamides is 1. The minimum absolute atomic E-state index is 0.240. The van der Waals surface area contributed by atoms with Crippen molar-refractivity contribution in [3.05, 3.63) is 42.0 Å². The molecule has 1 aromatic carbocycles. The van der Waals surface area contributed by atoms with Crippen molar-refractivity contribution in [1.29, 1.82) is 0 Å². The molecule has 2 amide bonds. The number of hydroxylamine groups is 1. The molecule has 2 aliphatic heterocycles. The monoisotopic (exact) mass is 419 g/mol. The van der Waals surface area contributed by atoms with Crippen molar-refractivity contribution >= 4 is 27.4 Å². The van der Waals surface area contributed by atoms with Crippen LogP contribution >= 0.6 is 0 Å². The lowest BCUT2D eigenvalue weighted by Crippen LogP contribution is -2.61. The molecule has 2 fully saturated rings. The molecule has 156 valence electrons. The summed E-state index contributed by atoms with van der Waals surface area (Å²) in [6.07, 6.45) is 5.05. The lowest BCUT2D eigenvalue weighted by Gasteiger charge is -2.43. The molecule has 8 nitrogen and oxygen atoms in total. The first-order chi connectivity index (χ1) is 13.7. The number of benzene rings is 1. The summed E-state index contributed by atoms with van der Waals surface area (Å²) in [6.45, 7) is 0.954. The topological polar surface area (TPSA) is 107 Å². The highest BCUT2D eigenvalue weighted by Crippen LogP contribution is 2.55. The van der Waals surface area contributed by atoms with E-state index in [1.165, 1.54) is 4.31 Å². The van der Waals surface area contributed by atoms with Gasteiger partial charge in [0.2, 0.25) is 21.8 Å². The van der Waals surface area contributed by atoms with Gasteiger partial charge in [-0.3, -0.25) is 14.8 Å². The van der Waals surface area contributed by atoms with Crippen molar-refractivity contribution in [3.63, 3.8) is 0 Å². The van der Waals surface area contributed by atoms with E-state index in [0.717, 1.165) is 30.2 Å². The fourth-order valence-electron chi connectivity index (χ4n) is 4.52. The summed E-state index contributed by atoms with van der Waals surface area (Å²) in [5, 5.41) is 9.22. The molecular weight excluding hydrogens is 394 g/mol. The SMILES string of the molecule is CS(=O)(=O)N1CC2(CC2)CC(C(=O)NO)C1C(=O)N1CC=C(c2ccccc2)C1. The van der Waals surface area contributed by atoms with Gasteiger partial charge in [-0.1, -0.05) is 36.4 Å². The summed E-state index contributed by atoms with van der Waals surface area (Å²) in [5.41, 5.74) is 3.37. The van der Waals surface area contributed by atoms with Gasteiger partial charge < -0.3 is 4.90 Å². The first kappa shape index (κ1) is 20.1. The van der Waals surface area contributed by atoms with E-state index in [4.69, 9.17) is 0 Å². The Labute approximate surface area is 170 Å². The maximum absolute atomic E-state index is 13.4. The van der Waals surface area contributed by atoms with Gasteiger partial charge in [-0.05, 0) is 35.8 Å². The Hall–Kier alpha value is -2.23. The Morgan fingerprint density at radius 3 is 2.48 bits per heavy atom. The number of nitrogens with one attached hydrogen (secondary N) is 1. The van der Waals surface area contributed by atoms with Gasteiger partial charge in [-0.25, -0.2) is 13.9 Å². The first-order valence-corrected chi connectivity index (χ1v) is 11.5. The van der Waals surface area contributed by atoms with E-state index in [-0.39, 0.29) is 12.0 Å². The minimum atomic E-state index is -3.71. The van der Waals surface area contributed by atoms with Crippen molar-refractivity contribution in [2.75, 3.05) is 25.9 Å². The molecule has 1 aromatic rings. The lowest BCUT2D eigenvalue weighted by atomic mass is 9.81. The van der Waals surface area contributed by atoms with Gasteiger partial charge in [0.15, 0.2) is 0 Å². The number of hydrogen-bond acceptors (Lipinski definition) is 5. The van der Waals surface area contributed by atoms with Crippen LogP contribution in [0.4, 0.5) is 0 Å². The van der Waals surface area contributed by atoms with Gasteiger partial charge in [-0.2, -0.15) is 4.31 Å². The third-order valence-corrected chi connectivity index (χ3v) is 7.50. The lowest BCUT2D eigenvalue weighted by molar-refractivity contribution is -0.147. The van der Waals surface area contributed by atoms with Crippen LogP contribution in [0.1, 0.15) is 24.8 Å². The average molecular weight is 420 g/mol. The fourth-order valence-corrected chi connectivity index (χ4v) is 5.68. The molecule has 1 saturated heterocycles. The molecule has 29 heavy (non-hydrogen) atoms. The Bertz CT molecular complexity index is 956. The average Bonchev–Trinajstić information content (AvgIpc) is 3.26. The van der Waals surface area contributed by atoms with Gasteiger partial charge in [0.25, 0.3) is 0 Å². The summed E-state index contributed by atoms with van der Waals surface area (Å²) in [6, 6.07) is 8.53. The predicted octanol–water partition coefficient (Wildman–Crippen LogP) is 0.848. The van der Waals surface area contributed by atoms with Gasteiger partial charge in [0.1, 0.15) is 6.04 Å². The number of nitrogens with zero attached hydrogens (tertiary/aromatic N) is 2. The molecule has 3 aliphatic rings. The van der Waals surface area contributed by atoms with Crippen molar-refractivity contribution in [2.24, 2.45) is 11.3 Å². The molecule has 4 rings (SSSR count). The molecule has 0 aromatic heterocycles. The van der Waals surface area contributed by atoms with E-state index in [9.17, 15) is 23.2 Å². The zero-order valence-electron chi connectivity index (χ0n) is 16.2. The van der Waals surface area contributed by atoms with Gasteiger partial charge in [-0.15, -0.1) is 0 Å². The predicted molar refractivity (Wildman–Crippen MR) is 106 cm³/mol. The van der Waals surface area contributed by atoms with E-state index in [0.29, 0.717) is 19.5 Å². The summed E-state index contributed by atoms with van der Waals surface area (Å²) in [5.74, 6) is -2.03. The molecule has 2 heterocycles. The van der Waals surface area contributed by atoms with Crippen molar-refractivity contribution in [3.8, 4) is 0 Å². The van der Waals surface area contributed by atoms with E-state index >= 15 is 0 Å². The van der Waals surface area contributed by atoms with Gasteiger partial charge in [0.05, 0.1) is 12.2 Å². The van der Waals surface area contributed by atoms with Gasteiger partial charge in [0, 0.05) is 19.6 Å². The van der Waals surface area contributed by atoms with Crippen molar-refractivity contribution < 1.29 is 23.2 Å². The van der Waals surface area contributed by atoms with Crippen LogP contribution in [0.25, 0.3) is 5.57 Å². The third-order valence-electron chi connectivity index (χ3n) is 6.29. The van der Waals surface area contributed by atoms with Crippen LogP contribution in [0, 0.1) is 11.3 Å². The highest BCUT2D eigenvalue weighted by Gasteiger charge is 2.58. The molecule has 0 radical (unpaired) electrons. The Balaban J connectivity index is 1.61. The number of piperidine rings is 1. The molecular formula is C20H25N3O5S. The highest BCUT2D eigenvalue weighted by molar-refractivity contribution is 7.88. The molecule has 9 heteroatoms. The zero-order chi connectivity index (χ0) is 20.8. The summed E-state index contributed by atoms with van der Waals surface area (Å²) in [7, 11) is -3.71. The molecule has 2 unspecified atom stereocenters. The van der Waals surface area contributed by atoms with E-state index in [1.54, 1.807) is 10.4 Å². The van der Waals surface area contributed by atoms with Crippen molar-refractivity contribution in [1.82, 2.24) is 14.7 Å². The van der Waals surface area contributed by atoms with E-state index in [2.05, 4.69) is 0 Å². The second-order valence-corrected chi connectivity index (χ2v) is 10.3. The van der Waals surface area contributed by atoms with Crippen molar-refractivity contribution in [2.45, 2.75) is 25.3 Å².